The number of hydrogen-bond acceptors (Lipinski definition) is 2. The van der Waals surface area contributed by atoms with Crippen molar-refractivity contribution in [2.75, 3.05) is 6.54 Å². The number of aryl methyl sites for hydroxylation is 3. The van der Waals surface area contributed by atoms with Crippen molar-refractivity contribution < 1.29 is 0 Å². The topological polar surface area (TPSA) is 29.9 Å². The van der Waals surface area contributed by atoms with E-state index in [0.29, 0.717) is 10.0 Å². The van der Waals surface area contributed by atoms with E-state index in [1.165, 1.54) is 5.69 Å². The SMILES string of the molecule is Cc1cc(C)n(CCCNCc2cccc(Cl)c2Cl)n1. The molecule has 0 aliphatic rings. The van der Waals surface area contributed by atoms with Crippen molar-refractivity contribution in [3.05, 3.63) is 51.3 Å². The Balaban J connectivity index is 1.74. The number of rotatable bonds is 6. The largest absolute Gasteiger partial charge is 0.313 e. The first-order chi connectivity index (χ1) is 9.58. The first-order valence-corrected chi connectivity index (χ1v) is 7.48. The van der Waals surface area contributed by atoms with Gasteiger partial charge in [-0.25, -0.2) is 0 Å². The molecule has 108 valence electrons. The fourth-order valence-electron chi connectivity index (χ4n) is 2.16. The van der Waals surface area contributed by atoms with Crippen molar-refractivity contribution in [1.82, 2.24) is 15.1 Å². The Labute approximate surface area is 129 Å². The zero-order valence-corrected chi connectivity index (χ0v) is 13.3. The van der Waals surface area contributed by atoms with Gasteiger partial charge in [0.25, 0.3) is 0 Å². The van der Waals surface area contributed by atoms with Crippen molar-refractivity contribution in [3.63, 3.8) is 0 Å². The van der Waals surface area contributed by atoms with E-state index in [1.54, 1.807) is 6.07 Å². The van der Waals surface area contributed by atoms with Crippen LogP contribution in [0.3, 0.4) is 0 Å². The van der Waals surface area contributed by atoms with Crippen molar-refractivity contribution in [2.24, 2.45) is 0 Å². The summed E-state index contributed by atoms with van der Waals surface area (Å²) in [4.78, 5) is 0. The molecule has 0 spiro atoms. The van der Waals surface area contributed by atoms with Crippen molar-refractivity contribution in [1.29, 1.82) is 0 Å². The van der Waals surface area contributed by atoms with E-state index < -0.39 is 0 Å². The first-order valence-electron chi connectivity index (χ1n) is 6.72. The highest BCUT2D eigenvalue weighted by molar-refractivity contribution is 6.42. The van der Waals surface area contributed by atoms with Crippen LogP contribution < -0.4 is 5.32 Å². The Morgan fingerprint density at radius 1 is 1.25 bits per heavy atom. The maximum atomic E-state index is 6.14. The maximum absolute atomic E-state index is 6.14. The predicted octanol–water partition coefficient (Wildman–Crippen LogP) is 3.99. The van der Waals surface area contributed by atoms with Crippen molar-refractivity contribution in [2.45, 2.75) is 33.4 Å². The van der Waals surface area contributed by atoms with Crippen LogP contribution in [-0.4, -0.2) is 16.3 Å². The highest BCUT2D eigenvalue weighted by Crippen LogP contribution is 2.25. The molecular formula is C15H19Cl2N3. The molecule has 20 heavy (non-hydrogen) atoms. The number of halogens is 2. The lowest BCUT2D eigenvalue weighted by molar-refractivity contribution is 0.532. The second-order valence-corrected chi connectivity index (χ2v) is 5.68. The van der Waals surface area contributed by atoms with Gasteiger partial charge in [-0.3, -0.25) is 4.68 Å². The van der Waals surface area contributed by atoms with E-state index in [2.05, 4.69) is 23.4 Å². The fourth-order valence-corrected chi connectivity index (χ4v) is 2.55. The average molecular weight is 312 g/mol. The molecule has 2 rings (SSSR count). The quantitative estimate of drug-likeness (QED) is 0.818. The number of nitrogens with one attached hydrogen (secondary N) is 1. The lowest BCUT2D eigenvalue weighted by Crippen LogP contribution is -2.17. The Bertz CT molecular complexity index is 578. The Kier molecular flexibility index (Phi) is 5.46. The zero-order valence-electron chi connectivity index (χ0n) is 11.8. The van der Waals surface area contributed by atoms with E-state index in [0.717, 1.165) is 37.3 Å². The van der Waals surface area contributed by atoms with Crippen LogP contribution in [-0.2, 0) is 13.1 Å². The molecule has 0 unspecified atom stereocenters. The molecule has 0 atom stereocenters. The van der Waals surface area contributed by atoms with Gasteiger partial charge in [-0.2, -0.15) is 5.10 Å². The van der Waals surface area contributed by atoms with Gasteiger partial charge >= 0.3 is 0 Å². The minimum absolute atomic E-state index is 0.605. The number of hydrogen-bond donors (Lipinski definition) is 1. The number of benzene rings is 1. The van der Waals surface area contributed by atoms with Gasteiger partial charge in [-0.1, -0.05) is 35.3 Å². The minimum atomic E-state index is 0.605. The summed E-state index contributed by atoms with van der Waals surface area (Å²) in [5.41, 5.74) is 3.31. The molecular weight excluding hydrogens is 293 g/mol. The van der Waals surface area contributed by atoms with Crippen LogP contribution in [0.4, 0.5) is 0 Å². The third kappa shape index (κ3) is 3.98. The maximum Gasteiger partial charge on any atom is 0.0637 e. The third-order valence-electron chi connectivity index (χ3n) is 3.17. The summed E-state index contributed by atoms with van der Waals surface area (Å²) in [6.45, 7) is 6.68. The summed E-state index contributed by atoms with van der Waals surface area (Å²) in [6.07, 6.45) is 1.03. The smallest absolute Gasteiger partial charge is 0.0637 e. The van der Waals surface area contributed by atoms with Gasteiger partial charge in [0.2, 0.25) is 0 Å². The van der Waals surface area contributed by atoms with Gasteiger partial charge in [0.05, 0.1) is 15.7 Å². The Morgan fingerprint density at radius 3 is 2.75 bits per heavy atom. The molecule has 0 saturated carbocycles. The second-order valence-electron chi connectivity index (χ2n) is 4.89. The van der Waals surface area contributed by atoms with Crippen LogP contribution in [0.25, 0.3) is 0 Å². The molecule has 0 aliphatic carbocycles. The lowest BCUT2D eigenvalue weighted by Gasteiger charge is -2.08. The normalized spacial score (nSPS) is 11.0. The van der Waals surface area contributed by atoms with Gasteiger partial charge in [-0.15, -0.1) is 0 Å². The molecule has 0 fully saturated rings. The summed E-state index contributed by atoms with van der Waals surface area (Å²) in [7, 11) is 0. The van der Waals surface area contributed by atoms with Crippen LogP contribution in [0.15, 0.2) is 24.3 Å². The van der Waals surface area contributed by atoms with Crippen LogP contribution in [0.2, 0.25) is 10.0 Å². The highest BCUT2D eigenvalue weighted by Gasteiger charge is 2.04. The highest BCUT2D eigenvalue weighted by atomic mass is 35.5. The number of nitrogens with zero attached hydrogens (tertiary/aromatic N) is 2. The molecule has 1 heterocycles. The van der Waals surface area contributed by atoms with Gasteiger partial charge < -0.3 is 5.32 Å². The first kappa shape index (κ1) is 15.4. The van der Waals surface area contributed by atoms with Crippen molar-refractivity contribution in [3.8, 4) is 0 Å². The average Bonchev–Trinajstić information content (AvgIpc) is 2.72. The Hall–Kier alpha value is -1.03. The molecule has 5 heteroatoms. The van der Waals surface area contributed by atoms with Gasteiger partial charge in [0.1, 0.15) is 0 Å². The molecule has 3 nitrogen and oxygen atoms in total. The molecule has 1 aromatic heterocycles. The Morgan fingerprint density at radius 2 is 2.05 bits per heavy atom. The van der Waals surface area contributed by atoms with Crippen LogP contribution in [0.5, 0.6) is 0 Å². The predicted molar refractivity (Wildman–Crippen MR) is 84.5 cm³/mol. The van der Waals surface area contributed by atoms with Crippen LogP contribution >= 0.6 is 23.2 Å². The van der Waals surface area contributed by atoms with Gasteiger partial charge in [-0.05, 0) is 44.5 Å². The van der Waals surface area contributed by atoms with E-state index >= 15 is 0 Å². The molecule has 0 amide bonds. The monoisotopic (exact) mass is 311 g/mol. The fraction of sp³-hybridized carbons (Fsp3) is 0.400. The van der Waals surface area contributed by atoms with E-state index in [-0.39, 0.29) is 0 Å². The molecule has 0 saturated heterocycles. The summed E-state index contributed by atoms with van der Waals surface area (Å²) in [6, 6.07) is 7.80. The third-order valence-corrected chi connectivity index (χ3v) is 4.03. The zero-order chi connectivity index (χ0) is 14.5. The lowest BCUT2D eigenvalue weighted by atomic mass is 10.2. The summed E-state index contributed by atoms with van der Waals surface area (Å²) in [5.74, 6) is 0. The minimum Gasteiger partial charge on any atom is -0.313 e. The van der Waals surface area contributed by atoms with Crippen LogP contribution in [0, 0.1) is 13.8 Å². The molecule has 0 aliphatic heterocycles. The van der Waals surface area contributed by atoms with Gasteiger partial charge in [0, 0.05) is 18.8 Å². The van der Waals surface area contributed by atoms with E-state index in [9.17, 15) is 0 Å². The molecule has 1 N–H and O–H groups in total. The van der Waals surface area contributed by atoms with E-state index in [4.69, 9.17) is 23.2 Å². The molecule has 0 radical (unpaired) electrons. The van der Waals surface area contributed by atoms with Crippen molar-refractivity contribution >= 4 is 23.2 Å². The summed E-state index contributed by atoms with van der Waals surface area (Å²) >= 11 is 12.1. The van der Waals surface area contributed by atoms with E-state index in [1.807, 2.05) is 23.7 Å². The standard InChI is InChI=1S/C15H19Cl2N3/c1-11-9-12(2)20(19-11)8-4-7-18-10-13-5-3-6-14(16)15(13)17/h3,5-6,9,18H,4,7-8,10H2,1-2H3. The molecule has 1 aromatic carbocycles. The summed E-state index contributed by atoms with van der Waals surface area (Å²) < 4.78 is 2.05. The molecule has 0 bridgehead atoms. The summed E-state index contributed by atoms with van der Waals surface area (Å²) in [5, 5.41) is 9.07. The molecule has 2 aromatic rings. The second kappa shape index (κ2) is 7.11. The van der Waals surface area contributed by atoms with Crippen LogP contribution in [0.1, 0.15) is 23.4 Å². The number of aromatic nitrogens is 2. The van der Waals surface area contributed by atoms with Gasteiger partial charge in [0.15, 0.2) is 0 Å².